The summed E-state index contributed by atoms with van der Waals surface area (Å²) in [4.78, 5) is 0. The van der Waals surface area contributed by atoms with E-state index < -0.39 is 0 Å². The standard InChI is InChI=1S/C16H21NS/c1-17-12-16(8-4-5-9-16)10-13-11-18-15-7-3-2-6-14(13)15/h2-3,6-7,11,17H,4-5,8-10,12H2,1H3. The van der Waals surface area contributed by atoms with E-state index in [9.17, 15) is 0 Å². The van der Waals surface area contributed by atoms with Gasteiger partial charge in [0.2, 0.25) is 0 Å². The monoisotopic (exact) mass is 259 g/mol. The van der Waals surface area contributed by atoms with Crippen LogP contribution in [0.15, 0.2) is 29.6 Å². The first-order valence-electron chi connectivity index (χ1n) is 6.93. The number of hydrogen-bond donors (Lipinski definition) is 1. The van der Waals surface area contributed by atoms with Gasteiger partial charge in [0.1, 0.15) is 0 Å². The van der Waals surface area contributed by atoms with Gasteiger partial charge < -0.3 is 5.32 Å². The molecule has 1 aromatic carbocycles. The second kappa shape index (κ2) is 5.02. The van der Waals surface area contributed by atoms with E-state index in [0.29, 0.717) is 5.41 Å². The molecule has 0 aliphatic heterocycles. The summed E-state index contributed by atoms with van der Waals surface area (Å²) in [5.74, 6) is 0. The minimum atomic E-state index is 0.512. The Labute approximate surface area is 113 Å². The van der Waals surface area contributed by atoms with Crippen LogP contribution in [0.1, 0.15) is 31.2 Å². The molecule has 0 saturated heterocycles. The molecule has 1 aliphatic rings. The molecule has 0 bridgehead atoms. The molecule has 2 heteroatoms. The number of fused-ring (bicyclic) bond motifs is 1. The van der Waals surface area contributed by atoms with Gasteiger partial charge in [-0.05, 0) is 54.1 Å². The highest BCUT2D eigenvalue weighted by Gasteiger charge is 2.33. The molecule has 0 atom stereocenters. The Morgan fingerprint density at radius 3 is 2.78 bits per heavy atom. The van der Waals surface area contributed by atoms with Crippen LogP contribution in [0.25, 0.3) is 10.1 Å². The number of hydrogen-bond acceptors (Lipinski definition) is 2. The van der Waals surface area contributed by atoms with Crippen molar-refractivity contribution in [1.82, 2.24) is 5.32 Å². The highest BCUT2D eigenvalue weighted by atomic mass is 32.1. The van der Waals surface area contributed by atoms with Gasteiger partial charge in [0, 0.05) is 11.2 Å². The summed E-state index contributed by atoms with van der Waals surface area (Å²) >= 11 is 1.89. The van der Waals surface area contributed by atoms with Gasteiger partial charge in [-0.2, -0.15) is 0 Å². The fraction of sp³-hybridized carbons (Fsp3) is 0.500. The molecule has 0 radical (unpaired) electrons. The van der Waals surface area contributed by atoms with Gasteiger partial charge in [-0.15, -0.1) is 11.3 Å². The lowest BCUT2D eigenvalue weighted by atomic mass is 9.80. The molecular formula is C16H21NS. The molecule has 96 valence electrons. The maximum absolute atomic E-state index is 3.41. The molecule has 3 rings (SSSR count). The summed E-state index contributed by atoms with van der Waals surface area (Å²) in [6.07, 6.45) is 6.83. The van der Waals surface area contributed by atoms with E-state index >= 15 is 0 Å². The molecule has 1 saturated carbocycles. The first-order valence-corrected chi connectivity index (χ1v) is 7.81. The van der Waals surface area contributed by atoms with Crippen molar-refractivity contribution in [2.24, 2.45) is 5.41 Å². The Kier molecular flexibility index (Phi) is 3.40. The Morgan fingerprint density at radius 2 is 2.00 bits per heavy atom. The Balaban J connectivity index is 1.90. The Bertz CT molecular complexity index is 523. The van der Waals surface area contributed by atoms with E-state index in [1.54, 1.807) is 5.56 Å². The van der Waals surface area contributed by atoms with E-state index in [2.05, 4.69) is 42.0 Å². The van der Waals surface area contributed by atoms with Crippen molar-refractivity contribution in [3.8, 4) is 0 Å². The van der Waals surface area contributed by atoms with Crippen molar-refractivity contribution in [3.63, 3.8) is 0 Å². The minimum absolute atomic E-state index is 0.512. The highest BCUT2D eigenvalue weighted by molar-refractivity contribution is 7.17. The molecule has 1 heterocycles. The van der Waals surface area contributed by atoms with Crippen LogP contribution in [0.3, 0.4) is 0 Å². The van der Waals surface area contributed by atoms with Crippen molar-refractivity contribution >= 4 is 21.4 Å². The van der Waals surface area contributed by atoms with E-state index in [0.717, 1.165) is 6.54 Å². The summed E-state index contributed by atoms with van der Waals surface area (Å²) in [6, 6.07) is 8.82. The SMILES string of the molecule is CNCC1(Cc2csc3ccccc23)CCCC1. The number of thiophene rings is 1. The zero-order chi connectivity index (χ0) is 12.4. The van der Waals surface area contributed by atoms with Crippen LogP contribution in [-0.4, -0.2) is 13.6 Å². The summed E-state index contributed by atoms with van der Waals surface area (Å²) < 4.78 is 1.44. The van der Waals surface area contributed by atoms with Crippen molar-refractivity contribution < 1.29 is 0 Å². The van der Waals surface area contributed by atoms with Gasteiger partial charge in [-0.1, -0.05) is 31.0 Å². The lowest BCUT2D eigenvalue weighted by Crippen LogP contribution is -2.31. The van der Waals surface area contributed by atoms with Crippen LogP contribution in [0.2, 0.25) is 0 Å². The zero-order valence-electron chi connectivity index (χ0n) is 11.0. The molecule has 1 N–H and O–H groups in total. The Morgan fingerprint density at radius 1 is 1.22 bits per heavy atom. The largest absolute Gasteiger partial charge is 0.319 e. The third-order valence-electron chi connectivity index (χ3n) is 4.34. The van der Waals surface area contributed by atoms with Gasteiger partial charge in [0.25, 0.3) is 0 Å². The number of rotatable bonds is 4. The maximum Gasteiger partial charge on any atom is 0.0345 e. The first kappa shape index (κ1) is 12.2. The van der Waals surface area contributed by atoms with Gasteiger partial charge >= 0.3 is 0 Å². The second-order valence-corrected chi connectivity index (χ2v) is 6.58. The summed E-state index contributed by atoms with van der Waals surface area (Å²) in [7, 11) is 2.09. The fourth-order valence-electron chi connectivity index (χ4n) is 3.49. The maximum atomic E-state index is 3.41. The van der Waals surface area contributed by atoms with Gasteiger partial charge in [0.15, 0.2) is 0 Å². The predicted molar refractivity (Wildman–Crippen MR) is 80.4 cm³/mol. The van der Waals surface area contributed by atoms with Crippen LogP contribution in [0, 0.1) is 5.41 Å². The lowest BCUT2D eigenvalue weighted by molar-refractivity contribution is 0.287. The van der Waals surface area contributed by atoms with Crippen molar-refractivity contribution in [1.29, 1.82) is 0 Å². The van der Waals surface area contributed by atoms with Gasteiger partial charge in [-0.25, -0.2) is 0 Å². The third kappa shape index (κ3) is 2.19. The molecule has 0 spiro atoms. The number of nitrogens with one attached hydrogen (secondary N) is 1. The molecule has 1 aromatic heterocycles. The molecule has 0 amide bonds. The van der Waals surface area contributed by atoms with E-state index in [-0.39, 0.29) is 0 Å². The number of benzene rings is 1. The topological polar surface area (TPSA) is 12.0 Å². The highest BCUT2D eigenvalue weighted by Crippen LogP contribution is 2.42. The Hall–Kier alpha value is -0.860. The average molecular weight is 259 g/mol. The molecule has 1 aliphatic carbocycles. The molecule has 0 unspecified atom stereocenters. The predicted octanol–water partition coefficient (Wildman–Crippen LogP) is 4.22. The quantitative estimate of drug-likeness (QED) is 0.866. The molecule has 2 aromatic rings. The first-order chi connectivity index (χ1) is 8.83. The smallest absolute Gasteiger partial charge is 0.0345 e. The molecule has 1 nitrogen and oxygen atoms in total. The van der Waals surface area contributed by atoms with E-state index in [4.69, 9.17) is 0 Å². The lowest BCUT2D eigenvalue weighted by Gasteiger charge is -2.28. The van der Waals surface area contributed by atoms with Gasteiger partial charge in [0.05, 0.1) is 0 Å². The van der Waals surface area contributed by atoms with Crippen LogP contribution >= 0.6 is 11.3 Å². The van der Waals surface area contributed by atoms with Crippen LogP contribution in [0.5, 0.6) is 0 Å². The van der Waals surface area contributed by atoms with Crippen LogP contribution in [-0.2, 0) is 6.42 Å². The normalized spacial score (nSPS) is 18.5. The van der Waals surface area contributed by atoms with E-state index in [1.165, 1.54) is 42.2 Å². The minimum Gasteiger partial charge on any atom is -0.319 e. The fourth-order valence-corrected chi connectivity index (χ4v) is 4.45. The van der Waals surface area contributed by atoms with Crippen molar-refractivity contribution in [2.75, 3.05) is 13.6 Å². The van der Waals surface area contributed by atoms with Crippen molar-refractivity contribution in [3.05, 3.63) is 35.2 Å². The zero-order valence-corrected chi connectivity index (χ0v) is 11.9. The van der Waals surface area contributed by atoms with Crippen LogP contribution in [0.4, 0.5) is 0 Å². The summed E-state index contributed by atoms with van der Waals surface area (Å²) in [5, 5.41) is 7.27. The molecule has 1 fully saturated rings. The molecule has 18 heavy (non-hydrogen) atoms. The third-order valence-corrected chi connectivity index (χ3v) is 5.35. The summed E-state index contributed by atoms with van der Waals surface area (Å²) in [5.41, 5.74) is 2.08. The average Bonchev–Trinajstić information content (AvgIpc) is 2.99. The van der Waals surface area contributed by atoms with Crippen LogP contribution < -0.4 is 5.32 Å². The van der Waals surface area contributed by atoms with Gasteiger partial charge in [-0.3, -0.25) is 0 Å². The molecular weight excluding hydrogens is 238 g/mol. The summed E-state index contributed by atoms with van der Waals surface area (Å²) in [6.45, 7) is 1.16. The second-order valence-electron chi connectivity index (χ2n) is 5.67. The van der Waals surface area contributed by atoms with Crippen molar-refractivity contribution in [2.45, 2.75) is 32.1 Å². The van der Waals surface area contributed by atoms with E-state index in [1.807, 2.05) is 11.3 Å².